The summed E-state index contributed by atoms with van der Waals surface area (Å²) < 4.78 is 0. The molecule has 0 radical (unpaired) electrons. The number of hydrogen-bond donors (Lipinski definition) is 1. The average molecular weight is 284 g/mol. The van der Waals surface area contributed by atoms with Gasteiger partial charge in [-0.15, -0.1) is 0 Å². The molecule has 112 valence electrons. The summed E-state index contributed by atoms with van der Waals surface area (Å²) in [4.78, 5) is 9.49. The van der Waals surface area contributed by atoms with Crippen molar-refractivity contribution in [3.8, 4) is 0 Å². The molecule has 0 aliphatic carbocycles. The molecule has 2 atom stereocenters. The summed E-state index contributed by atoms with van der Waals surface area (Å²) >= 11 is 0. The SMILES string of the molecule is CNC(c1cccc2cccnc12)C1CN(C)CCN1C. The Hall–Kier alpha value is -1.49. The fourth-order valence-electron chi connectivity index (χ4n) is 3.34. The molecular weight excluding hydrogens is 260 g/mol. The van der Waals surface area contributed by atoms with Crippen molar-refractivity contribution in [2.75, 3.05) is 40.8 Å². The summed E-state index contributed by atoms with van der Waals surface area (Å²) in [7, 11) is 6.48. The molecule has 2 unspecified atom stereocenters. The second-order valence-electron chi connectivity index (χ2n) is 6.00. The van der Waals surface area contributed by atoms with E-state index in [0.29, 0.717) is 6.04 Å². The highest BCUT2D eigenvalue weighted by molar-refractivity contribution is 5.82. The Morgan fingerprint density at radius 2 is 2.00 bits per heavy atom. The Balaban J connectivity index is 2.01. The first-order valence-electron chi connectivity index (χ1n) is 7.60. The van der Waals surface area contributed by atoms with Crippen LogP contribution in [0.15, 0.2) is 36.5 Å². The average Bonchev–Trinajstić information content (AvgIpc) is 2.51. The van der Waals surface area contributed by atoms with Gasteiger partial charge in [0.05, 0.1) is 11.6 Å². The Bertz CT molecular complexity index is 607. The topological polar surface area (TPSA) is 31.4 Å². The van der Waals surface area contributed by atoms with Gasteiger partial charge >= 0.3 is 0 Å². The highest BCUT2D eigenvalue weighted by atomic mass is 15.3. The van der Waals surface area contributed by atoms with Gasteiger partial charge in [0.1, 0.15) is 0 Å². The van der Waals surface area contributed by atoms with Crippen LogP contribution >= 0.6 is 0 Å². The summed E-state index contributed by atoms with van der Waals surface area (Å²) in [5, 5.41) is 4.73. The summed E-state index contributed by atoms with van der Waals surface area (Å²) in [6, 6.07) is 11.4. The van der Waals surface area contributed by atoms with Crippen LogP contribution in [0.3, 0.4) is 0 Å². The lowest BCUT2D eigenvalue weighted by atomic mass is 9.94. The standard InChI is InChI=1S/C17H24N4/c1-18-17(15-12-20(2)10-11-21(15)3)14-8-4-6-13-7-5-9-19-16(13)14/h4-9,15,17-18H,10-12H2,1-3H3. The molecule has 4 heteroatoms. The molecule has 1 aromatic heterocycles. The lowest BCUT2D eigenvalue weighted by Crippen LogP contribution is -2.54. The largest absolute Gasteiger partial charge is 0.312 e. The fourth-order valence-corrected chi connectivity index (χ4v) is 3.34. The molecular formula is C17H24N4. The Labute approximate surface area is 126 Å². The van der Waals surface area contributed by atoms with Crippen LogP contribution in [-0.2, 0) is 0 Å². The summed E-state index contributed by atoms with van der Waals surface area (Å²) in [6.45, 7) is 3.32. The Kier molecular flexibility index (Phi) is 4.19. The molecule has 0 spiro atoms. The van der Waals surface area contributed by atoms with Gasteiger partial charge in [-0.2, -0.15) is 0 Å². The monoisotopic (exact) mass is 284 g/mol. The molecule has 0 amide bonds. The van der Waals surface area contributed by atoms with E-state index in [9.17, 15) is 0 Å². The van der Waals surface area contributed by atoms with Gasteiger partial charge < -0.3 is 10.2 Å². The number of nitrogens with one attached hydrogen (secondary N) is 1. The molecule has 1 aliphatic rings. The van der Waals surface area contributed by atoms with Crippen LogP contribution in [0.25, 0.3) is 10.9 Å². The third-order valence-corrected chi connectivity index (χ3v) is 4.59. The van der Waals surface area contributed by atoms with Crippen LogP contribution in [0.4, 0.5) is 0 Å². The number of aromatic nitrogens is 1. The van der Waals surface area contributed by atoms with E-state index in [4.69, 9.17) is 0 Å². The van der Waals surface area contributed by atoms with Crippen LogP contribution in [0, 0.1) is 0 Å². The van der Waals surface area contributed by atoms with E-state index in [1.165, 1.54) is 10.9 Å². The van der Waals surface area contributed by atoms with Gasteiger partial charge in [-0.3, -0.25) is 9.88 Å². The third-order valence-electron chi connectivity index (χ3n) is 4.59. The van der Waals surface area contributed by atoms with Crippen LogP contribution in [0.5, 0.6) is 0 Å². The van der Waals surface area contributed by atoms with E-state index in [1.54, 1.807) is 0 Å². The van der Waals surface area contributed by atoms with Gasteiger partial charge in [0.25, 0.3) is 0 Å². The maximum absolute atomic E-state index is 4.62. The van der Waals surface area contributed by atoms with Crippen molar-refractivity contribution in [1.29, 1.82) is 0 Å². The van der Waals surface area contributed by atoms with Crippen LogP contribution < -0.4 is 5.32 Å². The van der Waals surface area contributed by atoms with Crippen molar-refractivity contribution < 1.29 is 0 Å². The second-order valence-corrected chi connectivity index (χ2v) is 6.00. The summed E-state index contributed by atoms with van der Waals surface area (Å²) in [6.07, 6.45) is 1.88. The second kappa shape index (κ2) is 6.10. The predicted octanol–water partition coefficient (Wildman–Crippen LogP) is 1.74. The minimum Gasteiger partial charge on any atom is -0.312 e. The maximum atomic E-state index is 4.62. The normalized spacial score (nSPS) is 22.5. The minimum absolute atomic E-state index is 0.288. The van der Waals surface area contributed by atoms with Gasteiger partial charge in [-0.1, -0.05) is 24.3 Å². The number of hydrogen-bond acceptors (Lipinski definition) is 4. The maximum Gasteiger partial charge on any atom is 0.0750 e. The van der Waals surface area contributed by atoms with E-state index in [1.807, 2.05) is 12.3 Å². The first-order valence-corrected chi connectivity index (χ1v) is 7.60. The predicted molar refractivity (Wildman–Crippen MR) is 87.5 cm³/mol. The highest BCUT2D eigenvalue weighted by Gasteiger charge is 2.30. The van der Waals surface area contributed by atoms with Gasteiger partial charge in [0.15, 0.2) is 0 Å². The molecule has 21 heavy (non-hydrogen) atoms. The zero-order valence-electron chi connectivity index (χ0n) is 13.1. The van der Waals surface area contributed by atoms with Crippen LogP contribution in [-0.4, -0.2) is 61.6 Å². The van der Waals surface area contributed by atoms with E-state index >= 15 is 0 Å². The zero-order chi connectivity index (χ0) is 14.8. The molecule has 2 aromatic rings. The molecule has 1 aliphatic heterocycles. The molecule has 0 saturated carbocycles. The highest BCUT2D eigenvalue weighted by Crippen LogP contribution is 2.28. The number of pyridine rings is 1. The molecule has 2 heterocycles. The molecule has 1 N–H and O–H groups in total. The van der Waals surface area contributed by atoms with Crippen LogP contribution in [0.2, 0.25) is 0 Å². The van der Waals surface area contributed by atoms with Crippen molar-refractivity contribution in [3.05, 3.63) is 42.1 Å². The first kappa shape index (κ1) is 14.4. The summed E-state index contributed by atoms with van der Waals surface area (Å²) in [5.41, 5.74) is 2.41. The van der Waals surface area contributed by atoms with E-state index in [-0.39, 0.29) is 6.04 Å². The number of nitrogens with zero attached hydrogens (tertiary/aromatic N) is 3. The number of rotatable bonds is 3. The van der Waals surface area contributed by atoms with E-state index < -0.39 is 0 Å². The molecule has 1 fully saturated rings. The number of likely N-dealkylation sites (N-methyl/N-ethyl adjacent to an activating group) is 3. The summed E-state index contributed by atoms with van der Waals surface area (Å²) in [5.74, 6) is 0. The molecule has 1 saturated heterocycles. The number of para-hydroxylation sites is 1. The molecule has 4 nitrogen and oxygen atoms in total. The minimum atomic E-state index is 0.288. The molecule has 3 rings (SSSR count). The fraction of sp³-hybridized carbons (Fsp3) is 0.471. The Morgan fingerprint density at radius 1 is 1.19 bits per heavy atom. The van der Waals surface area contributed by atoms with Crippen LogP contribution in [0.1, 0.15) is 11.6 Å². The smallest absolute Gasteiger partial charge is 0.0750 e. The van der Waals surface area contributed by atoms with E-state index in [2.05, 4.69) is 65.5 Å². The van der Waals surface area contributed by atoms with Crippen molar-refractivity contribution in [1.82, 2.24) is 20.1 Å². The lowest BCUT2D eigenvalue weighted by Gasteiger charge is -2.42. The molecule has 0 bridgehead atoms. The van der Waals surface area contributed by atoms with E-state index in [0.717, 1.165) is 25.2 Å². The van der Waals surface area contributed by atoms with Gasteiger partial charge in [-0.05, 0) is 32.8 Å². The van der Waals surface area contributed by atoms with Crippen molar-refractivity contribution in [3.63, 3.8) is 0 Å². The van der Waals surface area contributed by atoms with Gasteiger partial charge in [0.2, 0.25) is 0 Å². The van der Waals surface area contributed by atoms with Gasteiger partial charge in [0, 0.05) is 37.3 Å². The number of fused-ring (bicyclic) bond motifs is 1. The quantitative estimate of drug-likeness (QED) is 0.930. The van der Waals surface area contributed by atoms with Crippen molar-refractivity contribution >= 4 is 10.9 Å². The zero-order valence-corrected chi connectivity index (χ0v) is 13.1. The van der Waals surface area contributed by atoms with Gasteiger partial charge in [-0.25, -0.2) is 0 Å². The number of benzene rings is 1. The third kappa shape index (κ3) is 2.79. The number of piperazine rings is 1. The van der Waals surface area contributed by atoms with Crippen molar-refractivity contribution in [2.45, 2.75) is 12.1 Å². The molecule has 1 aromatic carbocycles. The first-order chi connectivity index (χ1) is 10.2. The lowest BCUT2D eigenvalue weighted by molar-refractivity contribution is 0.0900. The Morgan fingerprint density at radius 3 is 2.81 bits per heavy atom. The van der Waals surface area contributed by atoms with Crippen molar-refractivity contribution in [2.24, 2.45) is 0 Å².